The van der Waals surface area contributed by atoms with Crippen LogP contribution in [0.3, 0.4) is 0 Å². The Labute approximate surface area is 191 Å². The molecule has 0 radical (unpaired) electrons. The standard InChI is InChI=1S/C25H28FN3O4/c1-2-32-25(30)20-14-21(33-15-16-10-12-31-13-11-16)22-23(17-4-3-5-17)28-29(24(22)27-20)19-8-6-18(26)7-9-19/h6-9,14,16-17H,2-5,10-13,15H2,1H3. The van der Waals surface area contributed by atoms with E-state index in [1.807, 2.05) is 0 Å². The predicted molar refractivity (Wildman–Crippen MR) is 120 cm³/mol. The van der Waals surface area contributed by atoms with E-state index in [9.17, 15) is 9.18 Å². The number of hydrogen-bond acceptors (Lipinski definition) is 6. The number of aromatic nitrogens is 3. The van der Waals surface area contributed by atoms with E-state index in [0.717, 1.165) is 56.4 Å². The fraction of sp³-hybridized carbons (Fsp3) is 0.480. The lowest BCUT2D eigenvalue weighted by Crippen LogP contribution is -2.21. The Morgan fingerprint density at radius 3 is 2.61 bits per heavy atom. The molecule has 1 aliphatic carbocycles. The molecular weight excluding hydrogens is 425 g/mol. The number of ether oxygens (including phenoxy) is 3. The fourth-order valence-electron chi connectivity index (χ4n) is 4.38. The summed E-state index contributed by atoms with van der Waals surface area (Å²) in [4.78, 5) is 17.3. The van der Waals surface area contributed by atoms with E-state index in [4.69, 9.17) is 19.3 Å². The van der Waals surface area contributed by atoms with Gasteiger partial charge in [0.05, 0.1) is 30.0 Å². The Bertz CT molecular complexity index is 1130. The van der Waals surface area contributed by atoms with Gasteiger partial charge in [-0.3, -0.25) is 0 Å². The van der Waals surface area contributed by atoms with Gasteiger partial charge < -0.3 is 14.2 Å². The number of hydrogen-bond donors (Lipinski definition) is 0. The smallest absolute Gasteiger partial charge is 0.357 e. The highest BCUT2D eigenvalue weighted by Crippen LogP contribution is 2.42. The summed E-state index contributed by atoms with van der Waals surface area (Å²) in [5.41, 5.74) is 2.30. The monoisotopic (exact) mass is 453 g/mol. The molecule has 0 bridgehead atoms. The number of nitrogens with zero attached hydrogens (tertiary/aromatic N) is 3. The average Bonchev–Trinajstić information content (AvgIpc) is 3.17. The Kier molecular flexibility index (Phi) is 6.26. The number of carbonyl (C=O) groups is 1. The first-order valence-electron chi connectivity index (χ1n) is 11.7. The summed E-state index contributed by atoms with van der Waals surface area (Å²) in [6, 6.07) is 7.78. The number of esters is 1. The Morgan fingerprint density at radius 1 is 1.18 bits per heavy atom. The molecule has 0 N–H and O–H groups in total. The van der Waals surface area contributed by atoms with Gasteiger partial charge in [0.2, 0.25) is 0 Å². The van der Waals surface area contributed by atoms with Crippen molar-refractivity contribution in [2.75, 3.05) is 26.4 Å². The molecule has 7 nitrogen and oxygen atoms in total. The van der Waals surface area contributed by atoms with E-state index < -0.39 is 5.97 Å². The Hall–Kier alpha value is -3.00. The van der Waals surface area contributed by atoms with Gasteiger partial charge in [-0.25, -0.2) is 18.9 Å². The molecule has 0 atom stereocenters. The van der Waals surface area contributed by atoms with E-state index in [1.165, 1.54) is 12.1 Å². The average molecular weight is 454 g/mol. The van der Waals surface area contributed by atoms with Crippen molar-refractivity contribution in [3.05, 3.63) is 47.5 Å². The molecule has 33 heavy (non-hydrogen) atoms. The molecule has 0 unspecified atom stereocenters. The van der Waals surface area contributed by atoms with E-state index >= 15 is 0 Å². The highest BCUT2D eigenvalue weighted by molar-refractivity contribution is 5.94. The van der Waals surface area contributed by atoms with Crippen LogP contribution in [0.1, 0.15) is 61.1 Å². The third-order valence-electron chi connectivity index (χ3n) is 6.49. The van der Waals surface area contributed by atoms with Gasteiger partial charge in [-0.2, -0.15) is 5.10 Å². The van der Waals surface area contributed by atoms with Crippen LogP contribution < -0.4 is 4.74 Å². The third-order valence-corrected chi connectivity index (χ3v) is 6.49. The van der Waals surface area contributed by atoms with Crippen LogP contribution in [0.25, 0.3) is 16.7 Å². The van der Waals surface area contributed by atoms with Crippen molar-refractivity contribution in [2.45, 2.75) is 44.9 Å². The normalized spacial score (nSPS) is 17.2. The lowest BCUT2D eigenvalue weighted by atomic mass is 9.82. The molecule has 5 rings (SSSR count). The van der Waals surface area contributed by atoms with Crippen LogP contribution in [0.4, 0.5) is 4.39 Å². The molecule has 3 heterocycles. The quantitative estimate of drug-likeness (QED) is 0.478. The van der Waals surface area contributed by atoms with E-state index in [0.29, 0.717) is 35.5 Å². The molecule has 1 aliphatic heterocycles. The van der Waals surface area contributed by atoms with Crippen molar-refractivity contribution in [3.8, 4) is 11.4 Å². The maximum absolute atomic E-state index is 13.6. The number of fused-ring (bicyclic) bond motifs is 1. The second kappa shape index (κ2) is 9.47. The van der Waals surface area contributed by atoms with Crippen LogP contribution in [0.5, 0.6) is 5.75 Å². The molecule has 1 saturated heterocycles. The SMILES string of the molecule is CCOC(=O)c1cc(OCC2CCOCC2)c2c(C3CCC3)nn(-c3ccc(F)cc3)c2n1. The van der Waals surface area contributed by atoms with Crippen LogP contribution in [-0.2, 0) is 9.47 Å². The van der Waals surface area contributed by atoms with Crippen molar-refractivity contribution >= 4 is 17.0 Å². The van der Waals surface area contributed by atoms with E-state index in [1.54, 1.807) is 29.8 Å². The Balaban J connectivity index is 1.63. The zero-order chi connectivity index (χ0) is 22.8. The maximum Gasteiger partial charge on any atom is 0.357 e. The molecular formula is C25H28FN3O4. The molecule has 1 aromatic carbocycles. The summed E-state index contributed by atoms with van der Waals surface area (Å²) in [5, 5.41) is 5.72. The van der Waals surface area contributed by atoms with Crippen molar-refractivity contribution in [1.29, 1.82) is 0 Å². The molecule has 1 saturated carbocycles. The summed E-state index contributed by atoms with van der Waals surface area (Å²) in [6.07, 6.45) is 5.15. The number of rotatable bonds is 7. The maximum atomic E-state index is 13.6. The number of carbonyl (C=O) groups excluding carboxylic acids is 1. The molecule has 174 valence electrons. The first-order chi connectivity index (χ1) is 16.1. The van der Waals surface area contributed by atoms with Crippen molar-refractivity contribution in [3.63, 3.8) is 0 Å². The first kappa shape index (κ1) is 21.8. The van der Waals surface area contributed by atoms with Crippen molar-refractivity contribution in [2.24, 2.45) is 5.92 Å². The fourth-order valence-corrected chi connectivity index (χ4v) is 4.38. The largest absolute Gasteiger partial charge is 0.492 e. The lowest BCUT2D eigenvalue weighted by molar-refractivity contribution is 0.0496. The van der Waals surface area contributed by atoms with Gasteiger partial charge in [-0.1, -0.05) is 6.42 Å². The first-order valence-corrected chi connectivity index (χ1v) is 11.7. The molecule has 2 fully saturated rings. The highest BCUT2D eigenvalue weighted by Gasteiger charge is 2.30. The third kappa shape index (κ3) is 4.44. The van der Waals surface area contributed by atoms with Crippen molar-refractivity contribution in [1.82, 2.24) is 14.8 Å². The molecule has 0 spiro atoms. The van der Waals surface area contributed by atoms with Crippen LogP contribution in [0, 0.1) is 11.7 Å². The molecule has 3 aromatic rings. The number of pyridine rings is 1. The van der Waals surface area contributed by atoms with Crippen molar-refractivity contribution < 1.29 is 23.4 Å². The van der Waals surface area contributed by atoms with Gasteiger partial charge in [0.1, 0.15) is 11.6 Å². The highest BCUT2D eigenvalue weighted by atomic mass is 19.1. The number of benzene rings is 1. The topological polar surface area (TPSA) is 75.5 Å². The zero-order valence-electron chi connectivity index (χ0n) is 18.8. The summed E-state index contributed by atoms with van der Waals surface area (Å²) < 4.78 is 32.3. The number of halogens is 1. The van der Waals surface area contributed by atoms with Gasteiger partial charge in [0.25, 0.3) is 0 Å². The molecule has 2 aromatic heterocycles. The van der Waals surface area contributed by atoms with E-state index in [-0.39, 0.29) is 18.1 Å². The van der Waals surface area contributed by atoms with Crippen LogP contribution in [0.2, 0.25) is 0 Å². The van der Waals surface area contributed by atoms with Gasteiger partial charge in [-0.05, 0) is 62.8 Å². The van der Waals surface area contributed by atoms with E-state index in [2.05, 4.69) is 4.98 Å². The van der Waals surface area contributed by atoms with Gasteiger partial charge in [0.15, 0.2) is 11.3 Å². The lowest BCUT2D eigenvalue weighted by Gasteiger charge is -2.25. The minimum atomic E-state index is -0.507. The Morgan fingerprint density at radius 2 is 1.94 bits per heavy atom. The summed E-state index contributed by atoms with van der Waals surface area (Å²) in [6.45, 7) is 4.03. The molecule has 0 amide bonds. The minimum Gasteiger partial charge on any atom is -0.492 e. The minimum absolute atomic E-state index is 0.176. The molecule has 8 heteroatoms. The van der Waals surface area contributed by atoms with Crippen LogP contribution >= 0.6 is 0 Å². The second-order valence-electron chi connectivity index (χ2n) is 8.69. The van der Waals surface area contributed by atoms with Gasteiger partial charge in [0, 0.05) is 25.2 Å². The predicted octanol–water partition coefficient (Wildman–Crippen LogP) is 4.81. The summed E-state index contributed by atoms with van der Waals surface area (Å²) in [5.74, 6) is 0.481. The van der Waals surface area contributed by atoms with Crippen LogP contribution in [0.15, 0.2) is 30.3 Å². The van der Waals surface area contributed by atoms with Gasteiger partial charge in [-0.15, -0.1) is 0 Å². The summed E-state index contributed by atoms with van der Waals surface area (Å²) >= 11 is 0. The molecule has 2 aliphatic rings. The zero-order valence-corrected chi connectivity index (χ0v) is 18.8. The van der Waals surface area contributed by atoms with Crippen LogP contribution in [-0.4, -0.2) is 47.2 Å². The van der Waals surface area contributed by atoms with Gasteiger partial charge >= 0.3 is 5.97 Å². The second-order valence-corrected chi connectivity index (χ2v) is 8.69. The summed E-state index contributed by atoms with van der Waals surface area (Å²) in [7, 11) is 0.